The number of para-hydroxylation sites is 4. The predicted molar refractivity (Wildman–Crippen MR) is 549 cm³/mol. The highest BCUT2D eigenvalue weighted by atomic mass is 28.3. The maximum Gasteiger partial charge on any atom is 0.179 e. The third kappa shape index (κ3) is 12.9. The van der Waals surface area contributed by atoms with Crippen LogP contribution in [-0.4, -0.2) is 41.4 Å². The molecule has 1 aliphatic heterocycles. The molecule has 0 radical (unpaired) electrons. The highest BCUT2D eigenvalue weighted by molar-refractivity contribution is 7.33. The van der Waals surface area contributed by atoms with Crippen LogP contribution in [0.15, 0.2) is 540 Å². The second-order valence-electron chi connectivity index (χ2n) is 33.5. The van der Waals surface area contributed by atoms with Crippen LogP contribution in [0.3, 0.4) is 0 Å². The summed E-state index contributed by atoms with van der Waals surface area (Å²) >= 11 is 0. The van der Waals surface area contributed by atoms with Crippen molar-refractivity contribution in [2.24, 2.45) is 0 Å². The standard InChI is InChI=1S/C48H34N2Si.C37H28Si.C36H28Si2/c1-4-18-37(19-5-1)51(38-20-6-2-7-21-38,39-22-8-3-9-23-39)40-33-35(49-45-28-14-10-24-41(45)42-25-11-15-29-46(42)49)32-36(34-40)50-47-30-16-12-26-43(47)44-27-13-17-31-48(44)50;1-4-14-29(15-5-1)38(30-16-6-2-7-17-30,31-18-8-3-9-19-31)32-26-24-28(25-27-32)37-35-22-12-10-20-33(35)34-21-11-13-23-36(34)37;1-5-17-29(18-6-1)37(30-19-7-2-8-20-30)33-25-13-15-27-35(33)38(31-21-9-3-10-22-31,32-23-11-4-12-24-32)36-28-16-14-26-34(36)37/h1-34H;1-27,37H;1-28H. The SMILES string of the molecule is c1ccc([Si](c2ccccc2)(c2ccccc2)c2cc(-n3c4ccccc4c4ccccc43)cc(-n3c4ccccc4c4ccccc43)c2)cc1.c1ccc([Si](c2ccccc2)(c2ccccc2)c2ccc(C3c4ccccc4-c4ccccc43)cc2)cc1.c1ccc([Si]2(c3ccccc3)c3ccccc3[Si](c3ccccc3)(c3ccccc3)c3ccccc32)cc1. The van der Waals surface area contributed by atoms with Crippen LogP contribution in [0.4, 0.5) is 0 Å². The summed E-state index contributed by atoms with van der Waals surface area (Å²) in [7, 11) is -10.6. The van der Waals surface area contributed by atoms with Crippen molar-refractivity contribution in [3.8, 4) is 22.5 Å². The molecule has 0 saturated carbocycles. The zero-order chi connectivity index (χ0) is 84.6. The molecule has 24 rings (SSSR count). The van der Waals surface area contributed by atoms with Gasteiger partial charge in [-0.1, -0.05) is 497 Å². The van der Waals surface area contributed by atoms with Gasteiger partial charge < -0.3 is 9.13 Å². The lowest BCUT2D eigenvalue weighted by atomic mass is 9.89. The van der Waals surface area contributed by atoms with E-state index >= 15 is 0 Å². The van der Waals surface area contributed by atoms with Crippen molar-refractivity contribution >= 4 is 159 Å². The Balaban J connectivity index is 0.000000114. The van der Waals surface area contributed by atoms with Crippen molar-refractivity contribution in [3.05, 3.63) is 557 Å². The van der Waals surface area contributed by atoms with Gasteiger partial charge in [0.05, 0.1) is 22.1 Å². The van der Waals surface area contributed by atoms with E-state index in [9.17, 15) is 0 Å². The fourth-order valence-electron chi connectivity index (χ4n) is 21.9. The van der Waals surface area contributed by atoms with E-state index in [-0.39, 0.29) is 5.92 Å². The quantitative estimate of drug-likeness (QED) is 0.0715. The first-order valence-corrected chi connectivity index (χ1v) is 52.2. The Hall–Kier alpha value is -15.1. The number of hydrogen-bond donors (Lipinski definition) is 0. The molecule has 0 atom stereocenters. The van der Waals surface area contributed by atoms with Gasteiger partial charge in [0.1, 0.15) is 0 Å². The number of aromatic nitrogens is 2. The first-order chi connectivity index (χ1) is 63.1. The van der Waals surface area contributed by atoms with Crippen LogP contribution in [-0.2, 0) is 0 Å². The first kappa shape index (κ1) is 77.9. The van der Waals surface area contributed by atoms with Gasteiger partial charge in [-0.05, 0) is 153 Å². The van der Waals surface area contributed by atoms with Gasteiger partial charge in [0.15, 0.2) is 32.3 Å². The number of nitrogens with zero attached hydrogens (tertiary/aromatic N) is 2. The van der Waals surface area contributed by atoms with Crippen LogP contribution in [0.2, 0.25) is 0 Å². The van der Waals surface area contributed by atoms with Crippen molar-refractivity contribution in [3.63, 3.8) is 0 Å². The van der Waals surface area contributed by atoms with Crippen LogP contribution in [0, 0.1) is 0 Å². The van der Waals surface area contributed by atoms with Crippen molar-refractivity contribution in [2.45, 2.75) is 5.92 Å². The van der Waals surface area contributed by atoms with Crippen LogP contribution < -0.4 is 83.0 Å². The molecule has 0 amide bonds. The number of benzene rings is 20. The minimum absolute atomic E-state index is 0.262. The molecule has 127 heavy (non-hydrogen) atoms. The smallest absolute Gasteiger partial charge is 0.179 e. The maximum atomic E-state index is 2.50. The summed E-state index contributed by atoms with van der Waals surface area (Å²) in [5.41, 5.74) is 14.0. The molecule has 0 saturated heterocycles. The molecule has 0 fully saturated rings. The minimum atomic E-state index is -2.88. The maximum absolute atomic E-state index is 2.88. The van der Waals surface area contributed by atoms with Crippen molar-refractivity contribution in [1.82, 2.24) is 9.13 Å². The molecular weight excluding hydrogens is 1590 g/mol. The van der Waals surface area contributed by atoms with Gasteiger partial charge in [0, 0.05) is 38.8 Å². The molecule has 1 aliphatic carbocycles. The topological polar surface area (TPSA) is 9.86 Å². The highest BCUT2D eigenvalue weighted by Crippen LogP contribution is 2.48. The van der Waals surface area contributed by atoms with Crippen LogP contribution in [0.5, 0.6) is 0 Å². The summed E-state index contributed by atoms with van der Waals surface area (Å²) in [4.78, 5) is 0. The first-order valence-electron chi connectivity index (χ1n) is 44.2. The molecule has 0 spiro atoms. The Labute approximate surface area is 747 Å². The lowest BCUT2D eigenvalue weighted by molar-refractivity contribution is 1.02. The van der Waals surface area contributed by atoms with Gasteiger partial charge in [-0.2, -0.15) is 0 Å². The fraction of sp³-hybridized carbons (Fsp3) is 0.00826. The molecule has 20 aromatic carbocycles. The average Bonchev–Trinajstić information content (AvgIpc) is 1.32. The van der Waals surface area contributed by atoms with Crippen LogP contribution in [0.25, 0.3) is 66.1 Å². The molecule has 2 aliphatic rings. The van der Waals surface area contributed by atoms with E-state index in [0.717, 1.165) is 11.4 Å². The Bertz CT molecular complexity index is 6930. The lowest BCUT2D eigenvalue weighted by Crippen LogP contribution is -2.93. The second-order valence-corrected chi connectivity index (χ2v) is 48.5. The molecule has 2 nitrogen and oxygen atoms in total. The minimum Gasteiger partial charge on any atom is -0.309 e. The Morgan fingerprint density at radius 1 is 0.173 bits per heavy atom. The van der Waals surface area contributed by atoms with E-state index in [4.69, 9.17) is 0 Å². The third-order valence-electron chi connectivity index (χ3n) is 27.1. The Morgan fingerprint density at radius 3 is 0.661 bits per heavy atom. The highest BCUT2D eigenvalue weighted by Gasteiger charge is 2.56. The van der Waals surface area contributed by atoms with Crippen molar-refractivity contribution < 1.29 is 0 Å². The summed E-state index contributed by atoms with van der Waals surface area (Å²) in [6.45, 7) is 0. The predicted octanol–water partition coefficient (Wildman–Crippen LogP) is 18.2. The molecular formula is C121H90N2Si4. The van der Waals surface area contributed by atoms with E-state index in [2.05, 4.69) is 549 Å². The van der Waals surface area contributed by atoms with Crippen LogP contribution in [0.1, 0.15) is 22.6 Å². The Morgan fingerprint density at radius 2 is 0.386 bits per heavy atom. The molecule has 6 heteroatoms. The zero-order valence-electron chi connectivity index (χ0n) is 70.4. The molecule has 3 heterocycles. The van der Waals surface area contributed by atoms with Gasteiger partial charge in [-0.25, -0.2) is 0 Å². The molecule has 600 valence electrons. The van der Waals surface area contributed by atoms with Gasteiger partial charge in [-0.15, -0.1) is 0 Å². The van der Waals surface area contributed by atoms with Gasteiger partial charge in [0.25, 0.3) is 0 Å². The summed E-state index contributed by atoms with van der Waals surface area (Å²) in [6, 6.07) is 201. The van der Waals surface area contributed by atoms with E-state index in [1.807, 2.05) is 0 Å². The summed E-state index contributed by atoms with van der Waals surface area (Å²) in [6.07, 6.45) is 0. The molecule has 22 aromatic rings. The molecule has 0 N–H and O–H groups in total. The largest absolute Gasteiger partial charge is 0.309 e. The van der Waals surface area contributed by atoms with Gasteiger partial charge in [-0.3, -0.25) is 0 Å². The number of fused-ring (bicyclic) bond motifs is 11. The summed E-state index contributed by atoms with van der Waals surface area (Å²) < 4.78 is 4.96. The third-order valence-corrected chi connectivity index (χ3v) is 46.9. The fourth-order valence-corrected chi connectivity index (χ4v) is 43.6. The average molecular weight is 1680 g/mol. The molecule has 0 bridgehead atoms. The van der Waals surface area contributed by atoms with Gasteiger partial charge in [0.2, 0.25) is 0 Å². The summed E-state index contributed by atoms with van der Waals surface area (Å²) in [5, 5.41) is 27.9. The normalized spacial score (nSPS) is 13.0. The van der Waals surface area contributed by atoms with E-state index < -0.39 is 32.3 Å². The van der Waals surface area contributed by atoms with E-state index in [1.165, 1.54) is 154 Å². The van der Waals surface area contributed by atoms with E-state index in [0.29, 0.717) is 0 Å². The molecule has 0 unspecified atom stereocenters. The monoisotopic (exact) mass is 1680 g/mol. The summed E-state index contributed by atoms with van der Waals surface area (Å²) in [5.74, 6) is 0.262. The number of rotatable bonds is 15. The van der Waals surface area contributed by atoms with Crippen molar-refractivity contribution in [1.29, 1.82) is 0 Å². The van der Waals surface area contributed by atoms with E-state index in [1.54, 1.807) is 0 Å². The second kappa shape index (κ2) is 33.5. The van der Waals surface area contributed by atoms with Gasteiger partial charge >= 0.3 is 0 Å². The lowest BCUT2D eigenvalue weighted by Gasteiger charge is -2.48. The Kier molecular flexibility index (Phi) is 20.5. The number of hydrogen-bond acceptors (Lipinski definition) is 0. The van der Waals surface area contributed by atoms with Crippen LogP contribution >= 0.6 is 0 Å². The van der Waals surface area contributed by atoms with Crippen molar-refractivity contribution in [2.75, 3.05) is 0 Å². The zero-order valence-corrected chi connectivity index (χ0v) is 74.4. The molecule has 2 aromatic heterocycles.